The van der Waals surface area contributed by atoms with Gasteiger partial charge in [-0.25, -0.2) is 4.79 Å². The van der Waals surface area contributed by atoms with Crippen molar-refractivity contribution in [2.75, 3.05) is 6.61 Å². The third kappa shape index (κ3) is 2.69. The number of esters is 1. The van der Waals surface area contributed by atoms with Gasteiger partial charge in [0.15, 0.2) is 5.41 Å². The number of allylic oxidation sites excluding steroid dienone is 2. The summed E-state index contributed by atoms with van der Waals surface area (Å²) in [7, 11) is 0. The Bertz CT molecular complexity index is 312. The van der Waals surface area contributed by atoms with Gasteiger partial charge in [-0.2, -0.15) is 5.26 Å². The summed E-state index contributed by atoms with van der Waals surface area (Å²) in [5.74, 6) is -0.497. The lowest BCUT2D eigenvalue weighted by Crippen LogP contribution is -2.32. The summed E-state index contributed by atoms with van der Waals surface area (Å²) in [4.78, 5) is 11.8. The van der Waals surface area contributed by atoms with Crippen molar-refractivity contribution in [2.24, 2.45) is 5.41 Å². The number of nitrogens with zero attached hydrogens (tertiary/aromatic N) is 1. The molecule has 0 aliphatic carbocycles. The van der Waals surface area contributed by atoms with Gasteiger partial charge in [-0.1, -0.05) is 12.2 Å². The van der Waals surface area contributed by atoms with Crippen LogP contribution < -0.4 is 0 Å². The molecule has 1 unspecified atom stereocenters. The molecular formula is C12H17NO2. The Labute approximate surface area is 91.0 Å². The monoisotopic (exact) mass is 207 g/mol. The van der Waals surface area contributed by atoms with Crippen LogP contribution in [0.15, 0.2) is 24.3 Å². The predicted molar refractivity (Wildman–Crippen MR) is 58.9 cm³/mol. The molecule has 0 spiro atoms. The lowest BCUT2D eigenvalue weighted by Gasteiger charge is -2.23. The minimum Gasteiger partial charge on any atom is -0.465 e. The Morgan fingerprint density at radius 3 is 2.60 bits per heavy atom. The lowest BCUT2D eigenvalue weighted by atomic mass is 9.79. The molecule has 0 N–H and O–H groups in total. The van der Waals surface area contributed by atoms with Crippen molar-refractivity contribution in [3.05, 3.63) is 24.3 Å². The van der Waals surface area contributed by atoms with Crippen molar-refractivity contribution in [1.29, 1.82) is 5.26 Å². The van der Waals surface area contributed by atoms with E-state index in [0.29, 0.717) is 5.57 Å². The van der Waals surface area contributed by atoms with Gasteiger partial charge in [0.05, 0.1) is 12.7 Å². The predicted octanol–water partition coefficient (Wildman–Crippen LogP) is 2.60. The fraction of sp³-hybridized carbons (Fsp3) is 0.500. The van der Waals surface area contributed by atoms with Crippen molar-refractivity contribution in [1.82, 2.24) is 0 Å². The molecule has 1 atom stereocenters. The van der Waals surface area contributed by atoms with E-state index in [0.717, 1.165) is 0 Å². The Morgan fingerprint density at radius 2 is 2.27 bits per heavy atom. The van der Waals surface area contributed by atoms with Gasteiger partial charge in [0.2, 0.25) is 0 Å². The molecule has 0 rings (SSSR count). The van der Waals surface area contributed by atoms with Gasteiger partial charge in [-0.05, 0) is 32.8 Å². The van der Waals surface area contributed by atoms with Crippen LogP contribution in [0.4, 0.5) is 0 Å². The first-order valence-electron chi connectivity index (χ1n) is 4.91. The van der Waals surface area contributed by atoms with E-state index < -0.39 is 11.4 Å². The van der Waals surface area contributed by atoms with Crippen LogP contribution in [0.1, 0.15) is 27.2 Å². The van der Waals surface area contributed by atoms with Gasteiger partial charge >= 0.3 is 5.97 Å². The van der Waals surface area contributed by atoms with Crippen LogP contribution in [0.3, 0.4) is 0 Å². The van der Waals surface area contributed by atoms with Crippen molar-refractivity contribution >= 4 is 5.97 Å². The van der Waals surface area contributed by atoms with E-state index in [-0.39, 0.29) is 13.0 Å². The molecule has 0 bridgehead atoms. The fourth-order valence-corrected chi connectivity index (χ4v) is 1.30. The highest BCUT2D eigenvalue weighted by Crippen LogP contribution is 2.32. The summed E-state index contributed by atoms with van der Waals surface area (Å²) in [5.41, 5.74) is -0.504. The average molecular weight is 207 g/mol. The Hall–Kier alpha value is -1.56. The summed E-state index contributed by atoms with van der Waals surface area (Å²) >= 11 is 0. The number of rotatable bonds is 5. The van der Waals surface area contributed by atoms with Gasteiger partial charge in [0.25, 0.3) is 0 Å². The van der Waals surface area contributed by atoms with Crippen LogP contribution in [0.5, 0.6) is 0 Å². The van der Waals surface area contributed by atoms with E-state index in [1.54, 1.807) is 32.9 Å². The molecule has 0 aliphatic rings. The van der Waals surface area contributed by atoms with Crippen molar-refractivity contribution in [3.8, 4) is 6.07 Å². The molecule has 0 saturated heterocycles. The van der Waals surface area contributed by atoms with Gasteiger partial charge < -0.3 is 4.74 Å². The Kier molecular flexibility index (Phi) is 5.40. The molecule has 0 fully saturated rings. The number of nitriles is 1. The highest BCUT2D eigenvalue weighted by molar-refractivity contribution is 5.84. The number of hydrogen-bond donors (Lipinski definition) is 0. The second-order valence-electron chi connectivity index (χ2n) is 3.20. The summed E-state index contributed by atoms with van der Waals surface area (Å²) < 4.78 is 4.92. The zero-order valence-electron chi connectivity index (χ0n) is 9.54. The Morgan fingerprint density at radius 1 is 1.67 bits per heavy atom. The molecule has 0 aliphatic heterocycles. The maximum absolute atomic E-state index is 11.8. The number of carbonyl (C=O) groups excluding carboxylic acids is 1. The van der Waals surface area contributed by atoms with Crippen LogP contribution in [0.2, 0.25) is 0 Å². The van der Waals surface area contributed by atoms with E-state index in [1.807, 2.05) is 6.07 Å². The summed E-state index contributed by atoms with van der Waals surface area (Å²) in [6.07, 6.45) is 3.59. The zero-order valence-corrected chi connectivity index (χ0v) is 9.54. The van der Waals surface area contributed by atoms with Crippen LogP contribution in [-0.4, -0.2) is 12.6 Å². The quantitative estimate of drug-likeness (QED) is 0.514. The van der Waals surface area contributed by atoms with Crippen LogP contribution in [0.25, 0.3) is 0 Å². The molecular weight excluding hydrogens is 190 g/mol. The van der Waals surface area contributed by atoms with E-state index >= 15 is 0 Å². The molecule has 0 saturated carbocycles. The standard InChI is InChI=1S/C12H17NO2/c1-5-8-12(9-13,10(4)6-2)11(14)15-7-3/h5-6H,1,7-8H2,2-4H3/b10-6+. The van der Waals surface area contributed by atoms with E-state index in [1.165, 1.54) is 0 Å². The molecule has 0 aromatic heterocycles. The van der Waals surface area contributed by atoms with E-state index in [9.17, 15) is 4.79 Å². The normalized spacial score (nSPS) is 14.9. The molecule has 82 valence electrons. The van der Waals surface area contributed by atoms with Crippen LogP contribution in [0, 0.1) is 16.7 Å². The zero-order chi connectivity index (χ0) is 11.9. The first kappa shape index (κ1) is 13.4. The topological polar surface area (TPSA) is 50.1 Å². The fourth-order valence-electron chi connectivity index (χ4n) is 1.30. The van der Waals surface area contributed by atoms with Gasteiger partial charge in [0, 0.05) is 0 Å². The highest BCUT2D eigenvalue weighted by Gasteiger charge is 2.40. The first-order valence-corrected chi connectivity index (χ1v) is 4.91. The van der Waals surface area contributed by atoms with Crippen molar-refractivity contribution in [2.45, 2.75) is 27.2 Å². The van der Waals surface area contributed by atoms with Crippen LogP contribution >= 0.6 is 0 Å². The molecule has 15 heavy (non-hydrogen) atoms. The lowest BCUT2D eigenvalue weighted by molar-refractivity contribution is -0.149. The Balaban J connectivity index is 5.26. The van der Waals surface area contributed by atoms with Gasteiger partial charge in [-0.3, -0.25) is 0 Å². The third-order valence-electron chi connectivity index (χ3n) is 2.37. The molecule has 0 amide bonds. The minimum atomic E-state index is -1.20. The maximum atomic E-state index is 11.8. The highest BCUT2D eigenvalue weighted by atomic mass is 16.5. The number of hydrogen-bond acceptors (Lipinski definition) is 3. The minimum absolute atomic E-state index is 0.274. The van der Waals surface area contributed by atoms with Crippen molar-refractivity contribution in [3.63, 3.8) is 0 Å². The summed E-state index contributed by atoms with van der Waals surface area (Å²) in [6.45, 7) is 9.11. The molecule has 3 heteroatoms. The number of ether oxygens (including phenoxy) is 1. The SMILES string of the molecule is C=CCC(C#N)(C(=O)OCC)/C(C)=C/C. The maximum Gasteiger partial charge on any atom is 0.331 e. The molecule has 0 radical (unpaired) electrons. The molecule has 3 nitrogen and oxygen atoms in total. The van der Waals surface area contributed by atoms with Crippen LogP contribution in [-0.2, 0) is 9.53 Å². The largest absolute Gasteiger partial charge is 0.465 e. The van der Waals surface area contributed by atoms with Crippen molar-refractivity contribution < 1.29 is 9.53 Å². The molecule has 0 aromatic carbocycles. The van der Waals surface area contributed by atoms with Gasteiger partial charge in [0.1, 0.15) is 0 Å². The van der Waals surface area contributed by atoms with E-state index in [4.69, 9.17) is 10.00 Å². The second-order valence-corrected chi connectivity index (χ2v) is 3.20. The summed E-state index contributed by atoms with van der Waals surface area (Å²) in [5, 5.41) is 9.17. The molecule has 0 aromatic rings. The third-order valence-corrected chi connectivity index (χ3v) is 2.37. The second kappa shape index (κ2) is 6.02. The number of carbonyl (C=O) groups is 1. The average Bonchev–Trinajstić information content (AvgIpc) is 2.25. The van der Waals surface area contributed by atoms with Gasteiger partial charge in [-0.15, -0.1) is 6.58 Å². The van der Waals surface area contributed by atoms with E-state index in [2.05, 4.69) is 6.58 Å². The molecule has 0 heterocycles. The first-order chi connectivity index (χ1) is 7.08. The summed E-state index contributed by atoms with van der Waals surface area (Å²) in [6, 6.07) is 2.04. The smallest absolute Gasteiger partial charge is 0.331 e.